The molecule has 0 N–H and O–H groups in total. The monoisotopic (exact) mass is 319 g/mol. The minimum atomic E-state index is -0.595. The number of rotatable bonds is 5. The van der Waals surface area contributed by atoms with Crippen LogP contribution in [0.15, 0.2) is 48.3 Å². The lowest BCUT2D eigenvalue weighted by Gasteiger charge is -1.89. The van der Waals surface area contributed by atoms with Gasteiger partial charge in [-0.25, -0.2) is 0 Å². The molecule has 8 nitrogen and oxygen atoms in total. The second-order valence-corrected chi connectivity index (χ2v) is 4.97. The average Bonchev–Trinajstić information content (AvgIpc) is 3.19. The standard InChI is InChI=1S/C13H9N3O5S/c1-8-10(4-6-19-8)12-14-15-13(21-12)22-7-5-9-2-3-11(20-9)16(17)18/h2-7H,1H3/b7-5+. The number of hydrogen-bond donors (Lipinski definition) is 0. The molecule has 0 aliphatic rings. The van der Waals surface area contributed by atoms with E-state index >= 15 is 0 Å². The van der Waals surface area contributed by atoms with Crippen molar-refractivity contribution in [2.75, 3.05) is 0 Å². The molecule has 3 aromatic heterocycles. The Morgan fingerprint density at radius 1 is 1.27 bits per heavy atom. The van der Waals surface area contributed by atoms with Crippen LogP contribution in [-0.2, 0) is 0 Å². The van der Waals surface area contributed by atoms with Crippen molar-refractivity contribution in [2.24, 2.45) is 0 Å². The van der Waals surface area contributed by atoms with Gasteiger partial charge in [-0.2, -0.15) is 0 Å². The first-order valence-corrected chi connectivity index (χ1v) is 6.97. The molecular formula is C13H9N3O5S. The van der Waals surface area contributed by atoms with Crippen molar-refractivity contribution in [2.45, 2.75) is 12.1 Å². The highest BCUT2D eigenvalue weighted by Crippen LogP contribution is 2.27. The molecular weight excluding hydrogens is 310 g/mol. The first-order chi connectivity index (χ1) is 10.6. The fraction of sp³-hybridized carbons (Fsp3) is 0.0769. The van der Waals surface area contributed by atoms with Gasteiger partial charge in [0.1, 0.15) is 16.4 Å². The quantitative estimate of drug-likeness (QED) is 0.395. The lowest BCUT2D eigenvalue weighted by atomic mass is 10.3. The van der Waals surface area contributed by atoms with Gasteiger partial charge in [-0.15, -0.1) is 10.2 Å². The molecule has 0 radical (unpaired) electrons. The summed E-state index contributed by atoms with van der Waals surface area (Å²) in [5.41, 5.74) is 0.741. The zero-order chi connectivity index (χ0) is 15.5. The van der Waals surface area contributed by atoms with E-state index in [0.717, 1.165) is 5.56 Å². The highest BCUT2D eigenvalue weighted by molar-refractivity contribution is 8.02. The fourth-order valence-corrected chi connectivity index (χ4v) is 2.20. The van der Waals surface area contributed by atoms with E-state index in [1.165, 1.54) is 23.9 Å². The SMILES string of the molecule is Cc1occc1-c1nnc(S/C=C/c2ccc([N+](=O)[O-])o2)o1. The van der Waals surface area contributed by atoms with Crippen molar-refractivity contribution in [3.05, 3.63) is 51.5 Å². The highest BCUT2D eigenvalue weighted by atomic mass is 32.2. The van der Waals surface area contributed by atoms with Crippen molar-refractivity contribution in [3.63, 3.8) is 0 Å². The van der Waals surface area contributed by atoms with E-state index in [9.17, 15) is 10.1 Å². The predicted molar refractivity (Wildman–Crippen MR) is 77.0 cm³/mol. The maximum Gasteiger partial charge on any atom is 0.433 e. The van der Waals surface area contributed by atoms with E-state index in [0.29, 0.717) is 22.6 Å². The Morgan fingerprint density at radius 2 is 2.14 bits per heavy atom. The Hall–Kier alpha value is -2.81. The Bertz CT molecular complexity index is 832. The van der Waals surface area contributed by atoms with Gasteiger partial charge in [0, 0.05) is 0 Å². The van der Waals surface area contributed by atoms with E-state index < -0.39 is 4.92 Å². The summed E-state index contributed by atoms with van der Waals surface area (Å²) in [6.45, 7) is 1.80. The Kier molecular flexibility index (Phi) is 3.79. The van der Waals surface area contributed by atoms with Gasteiger partial charge in [-0.3, -0.25) is 10.1 Å². The molecule has 0 atom stereocenters. The topological polar surface area (TPSA) is 108 Å². The van der Waals surface area contributed by atoms with Crippen molar-refractivity contribution in [3.8, 4) is 11.5 Å². The number of nitro groups is 1. The van der Waals surface area contributed by atoms with Crippen molar-refractivity contribution in [1.82, 2.24) is 10.2 Å². The van der Waals surface area contributed by atoms with E-state index in [1.54, 1.807) is 30.7 Å². The van der Waals surface area contributed by atoms with Crippen LogP contribution in [0.5, 0.6) is 0 Å². The molecule has 0 fully saturated rings. The van der Waals surface area contributed by atoms with Gasteiger partial charge in [0.15, 0.2) is 0 Å². The zero-order valence-corrected chi connectivity index (χ0v) is 12.1. The van der Waals surface area contributed by atoms with Crippen molar-refractivity contribution < 1.29 is 18.2 Å². The molecule has 0 spiro atoms. The second-order valence-electron chi connectivity index (χ2n) is 4.12. The van der Waals surface area contributed by atoms with Crippen LogP contribution < -0.4 is 0 Å². The molecule has 0 amide bonds. The van der Waals surface area contributed by atoms with Crippen molar-refractivity contribution in [1.29, 1.82) is 0 Å². The molecule has 3 heterocycles. The number of thioether (sulfide) groups is 1. The van der Waals surface area contributed by atoms with Gasteiger partial charge < -0.3 is 13.3 Å². The molecule has 0 aromatic carbocycles. The Morgan fingerprint density at radius 3 is 2.82 bits per heavy atom. The Balaban J connectivity index is 1.66. The van der Waals surface area contributed by atoms with E-state index in [4.69, 9.17) is 13.3 Å². The zero-order valence-electron chi connectivity index (χ0n) is 11.3. The van der Waals surface area contributed by atoms with Crippen LogP contribution in [0, 0.1) is 17.0 Å². The minimum absolute atomic E-state index is 0.305. The van der Waals surface area contributed by atoms with E-state index in [2.05, 4.69) is 10.2 Å². The molecule has 0 aliphatic heterocycles. The molecule has 0 saturated carbocycles. The van der Waals surface area contributed by atoms with Crippen LogP contribution in [0.3, 0.4) is 0 Å². The molecule has 22 heavy (non-hydrogen) atoms. The van der Waals surface area contributed by atoms with Crippen molar-refractivity contribution >= 4 is 23.7 Å². The lowest BCUT2D eigenvalue weighted by molar-refractivity contribution is -0.402. The van der Waals surface area contributed by atoms with E-state index in [1.807, 2.05) is 0 Å². The summed E-state index contributed by atoms with van der Waals surface area (Å²) < 4.78 is 15.6. The van der Waals surface area contributed by atoms with Crippen LogP contribution in [0.1, 0.15) is 11.5 Å². The van der Waals surface area contributed by atoms with E-state index in [-0.39, 0.29) is 5.88 Å². The number of aromatic nitrogens is 2. The Labute approximate surface area is 128 Å². The molecule has 112 valence electrons. The number of hydrogen-bond acceptors (Lipinski definition) is 8. The van der Waals surface area contributed by atoms with Gasteiger partial charge in [-0.1, -0.05) is 0 Å². The van der Waals surface area contributed by atoms with Gasteiger partial charge in [0.25, 0.3) is 11.1 Å². The summed E-state index contributed by atoms with van der Waals surface area (Å²) in [6, 6.07) is 4.54. The van der Waals surface area contributed by atoms with Gasteiger partial charge in [-0.05, 0) is 42.3 Å². The van der Waals surface area contributed by atoms with Crippen LogP contribution in [0.4, 0.5) is 5.88 Å². The highest BCUT2D eigenvalue weighted by Gasteiger charge is 2.13. The molecule has 9 heteroatoms. The smallest absolute Gasteiger partial charge is 0.433 e. The van der Waals surface area contributed by atoms with Crippen LogP contribution >= 0.6 is 11.8 Å². The largest absolute Gasteiger partial charge is 0.469 e. The summed E-state index contributed by atoms with van der Waals surface area (Å²) in [6.07, 6.45) is 3.12. The number of nitrogens with zero attached hydrogens (tertiary/aromatic N) is 3. The first kappa shape index (κ1) is 14.1. The maximum atomic E-state index is 10.5. The average molecular weight is 319 g/mol. The summed E-state index contributed by atoms with van der Waals surface area (Å²) in [5, 5.41) is 20.3. The van der Waals surface area contributed by atoms with Gasteiger partial charge in [0.2, 0.25) is 0 Å². The van der Waals surface area contributed by atoms with Gasteiger partial charge in [0.05, 0.1) is 17.9 Å². The molecule has 0 saturated heterocycles. The molecule has 0 aliphatic carbocycles. The van der Waals surface area contributed by atoms with Crippen LogP contribution in [0.25, 0.3) is 17.5 Å². The predicted octanol–water partition coefficient (Wildman–Crippen LogP) is 3.90. The maximum absolute atomic E-state index is 10.5. The third-order valence-electron chi connectivity index (χ3n) is 2.69. The minimum Gasteiger partial charge on any atom is -0.469 e. The van der Waals surface area contributed by atoms with Crippen LogP contribution in [0.2, 0.25) is 0 Å². The third-order valence-corrected chi connectivity index (χ3v) is 3.33. The normalized spacial score (nSPS) is 11.3. The summed E-state index contributed by atoms with van der Waals surface area (Å²) in [5.74, 6) is 1.12. The third kappa shape index (κ3) is 2.93. The van der Waals surface area contributed by atoms with Gasteiger partial charge >= 0.3 is 5.88 Å². The summed E-state index contributed by atoms with van der Waals surface area (Å²) in [7, 11) is 0. The fourth-order valence-electron chi connectivity index (χ4n) is 1.66. The number of furan rings is 2. The molecule has 0 unspecified atom stereocenters. The second kappa shape index (κ2) is 5.90. The number of aryl methyl sites for hydroxylation is 1. The van der Waals surface area contributed by atoms with Crippen LogP contribution in [-0.4, -0.2) is 15.1 Å². The summed E-state index contributed by atoms with van der Waals surface area (Å²) >= 11 is 1.18. The summed E-state index contributed by atoms with van der Waals surface area (Å²) in [4.78, 5) is 9.90. The molecule has 3 aromatic rings. The first-order valence-electron chi connectivity index (χ1n) is 6.09. The lowest BCUT2D eigenvalue weighted by Crippen LogP contribution is -1.82. The molecule has 0 bridgehead atoms. The molecule has 3 rings (SSSR count).